The molecule has 0 aliphatic carbocycles. The molecule has 4 nitrogen and oxygen atoms in total. The van der Waals surface area contributed by atoms with E-state index in [1.54, 1.807) is 0 Å². The Hall–Kier alpha value is -0.940. The van der Waals surface area contributed by atoms with Gasteiger partial charge in [0.05, 0.1) is 5.69 Å². The average molecular weight is 225 g/mol. The highest BCUT2D eigenvalue weighted by atomic mass is 32.1. The van der Waals surface area contributed by atoms with Gasteiger partial charge < -0.3 is 5.73 Å². The molecule has 82 valence electrons. The molecule has 1 amide bonds. The fraction of sp³-hybridized carbons (Fsp3) is 0.600. The van der Waals surface area contributed by atoms with Gasteiger partial charge in [-0.15, -0.1) is 11.3 Å². The van der Waals surface area contributed by atoms with E-state index in [4.69, 9.17) is 5.73 Å². The SMILES string of the molecule is CC(C)N1CCc2nc(C(N)=O)sc2C1. The smallest absolute Gasteiger partial charge is 0.277 e. The predicted octanol–water partition coefficient (Wildman–Crippen LogP) is 1.01. The topological polar surface area (TPSA) is 59.2 Å². The van der Waals surface area contributed by atoms with Gasteiger partial charge in [-0.1, -0.05) is 0 Å². The molecule has 0 fully saturated rings. The second-order valence-corrected chi connectivity index (χ2v) is 5.15. The van der Waals surface area contributed by atoms with Gasteiger partial charge in [-0.05, 0) is 13.8 Å². The molecule has 2 rings (SSSR count). The number of amides is 1. The molecule has 0 bridgehead atoms. The lowest BCUT2D eigenvalue weighted by molar-refractivity contribution is 0.0999. The first kappa shape index (κ1) is 10.6. The summed E-state index contributed by atoms with van der Waals surface area (Å²) in [4.78, 5) is 18.8. The molecule has 1 aliphatic rings. The third-order valence-electron chi connectivity index (χ3n) is 2.70. The van der Waals surface area contributed by atoms with Gasteiger partial charge in [0, 0.05) is 30.4 Å². The van der Waals surface area contributed by atoms with Gasteiger partial charge >= 0.3 is 0 Å². The zero-order valence-electron chi connectivity index (χ0n) is 8.99. The Morgan fingerprint density at radius 3 is 2.93 bits per heavy atom. The Bertz CT molecular complexity index is 386. The van der Waals surface area contributed by atoms with Crippen LogP contribution in [0.15, 0.2) is 0 Å². The van der Waals surface area contributed by atoms with E-state index in [-0.39, 0.29) is 0 Å². The quantitative estimate of drug-likeness (QED) is 0.817. The summed E-state index contributed by atoms with van der Waals surface area (Å²) in [5.74, 6) is -0.412. The van der Waals surface area contributed by atoms with Crippen molar-refractivity contribution in [3.8, 4) is 0 Å². The van der Waals surface area contributed by atoms with E-state index in [1.807, 2.05) is 0 Å². The summed E-state index contributed by atoms with van der Waals surface area (Å²) in [6, 6.07) is 0.539. The first-order chi connectivity index (χ1) is 7.08. The standard InChI is InChI=1S/C10H15N3OS/c1-6(2)13-4-3-7-8(5-13)15-10(12-7)9(11)14/h6H,3-5H2,1-2H3,(H2,11,14). The molecule has 5 heteroatoms. The monoisotopic (exact) mass is 225 g/mol. The maximum Gasteiger partial charge on any atom is 0.277 e. The van der Waals surface area contributed by atoms with E-state index < -0.39 is 5.91 Å². The molecule has 2 N–H and O–H groups in total. The normalized spacial score (nSPS) is 16.7. The van der Waals surface area contributed by atoms with E-state index in [1.165, 1.54) is 16.2 Å². The van der Waals surface area contributed by atoms with Crippen LogP contribution in [0.4, 0.5) is 0 Å². The highest BCUT2D eigenvalue weighted by molar-refractivity contribution is 7.13. The number of carbonyl (C=O) groups is 1. The molecular weight excluding hydrogens is 210 g/mol. The number of thiazole rings is 1. The Kier molecular flexibility index (Phi) is 2.75. The molecule has 2 heterocycles. The number of fused-ring (bicyclic) bond motifs is 1. The van der Waals surface area contributed by atoms with Crippen LogP contribution in [-0.4, -0.2) is 28.4 Å². The first-order valence-corrected chi connectivity index (χ1v) is 5.92. The van der Waals surface area contributed by atoms with Crippen molar-refractivity contribution in [3.63, 3.8) is 0 Å². The maximum absolute atomic E-state index is 11.0. The molecule has 0 atom stereocenters. The van der Waals surface area contributed by atoms with Crippen LogP contribution in [0.5, 0.6) is 0 Å². The van der Waals surface area contributed by atoms with Crippen molar-refractivity contribution in [3.05, 3.63) is 15.6 Å². The van der Waals surface area contributed by atoms with Crippen LogP contribution in [0.1, 0.15) is 34.2 Å². The summed E-state index contributed by atoms with van der Waals surface area (Å²) in [6.45, 7) is 6.28. The number of nitrogens with two attached hydrogens (primary N) is 1. The molecule has 0 saturated carbocycles. The highest BCUT2D eigenvalue weighted by Crippen LogP contribution is 2.25. The molecule has 0 spiro atoms. The summed E-state index contributed by atoms with van der Waals surface area (Å²) >= 11 is 1.44. The Morgan fingerprint density at radius 2 is 2.33 bits per heavy atom. The predicted molar refractivity (Wildman–Crippen MR) is 59.9 cm³/mol. The highest BCUT2D eigenvalue weighted by Gasteiger charge is 2.23. The van der Waals surface area contributed by atoms with Crippen molar-refractivity contribution in [2.45, 2.75) is 32.9 Å². The van der Waals surface area contributed by atoms with Gasteiger partial charge in [-0.25, -0.2) is 4.98 Å². The number of primary amides is 1. The Balaban J connectivity index is 2.23. The molecule has 0 saturated heterocycles. The van der Waals surface area contributed by atoms with Crippen molar-refractivity contribution in [2.24, 2.45) is 5.73 Å². The van der Waals surface area contributed by atoms with E-state index in [2.05, 4.69) is 23.7 Å². The van der Waals surface area contributed by atoms with Gasteiger partial charge in [0.25, 0.3) is 5.91 Å². The molecule has 15 heavy (non-hydrogen) atoms. The van der Waals surface area contributed by atoms with Crippen LogP contribution in [0, 0.1) is 0 Å². The summed E-state index contributed by atoms with van der Waals surface area (Å²) in [5.41, 5.74) is 6.28. The summed E-state index contributed by atoms with van der Waals surface area (Å²) in [5, 5.41) is 0.450. The van der Waals surface area contributed by atoms with Crippen LogP contribution in [0.3, 0.4) is 0 Å². The molecular formula is C10H15N3OS. The van der Waals surface area contributed by atoms with Crippen LogP contribution < -0.4 is 5.73 Å². The van der Waals surface area contributed by atoms with E-state index in [9.17, 15) is 4.79 Å². The van der Waals surface area contributed by atoms with Crippen LogP contribution in [0.2, 0.25) is 0 Å². The Morgan fingerprint density at radius 1 is 1.60 bits per heavy atom. The minimum atomic E-state index is -0.412. The van der Waals surface area contributed by atoms with E-state index >= 15 is 0 Å². The molecule has 0 aromatic carbocycles. The van der Waals surface area contributed by atoms with Gasteiger partial charge in [0.15, 0.2) is 5.01 Å². The summed E-state index contributed by atoms with van der Waals surface area (Å²) in [7, 11) is 0. The van der Waals surface area contributed by atoms with E-state index in [0.717, 1.165) is 25.2 Å². The second-order valence-electron chi connectivity index (χ2n) is 4.07. The molecule has 0 unspecified atom stereocenters. The summed E-state index contributed by atoms with van der Waals surface area (Å²) < 4.78 is 0. The first-order valence-electron chi connectivity index (χ1n) is 5.10. The fourth-order valence-electron chi connectivity index (χ4n) is 1.76. The number of hydrogen-bond donors (Lipinski definition) is 1. The lowest BCUT2D eigenvalue weighted by Crippen LogP contribution is -2.35. The van der Waals surface area contributed by atoms with Crippen molar-refractivity contribution in [2.75, 3.05) is 6.54 Å². The van der Waals surface area contributed by atoms with Crippen LogP contribution in [0.25, 0.3) is 0 Å². The maximum atomic E-state index is 11.0. The fourth-order valence-corrected chi connectivity index (χ4v) is 2.75. The zero-order valence-corrected chi connectivity index (χ0v) is 9.80. The molecule has 1 aromatic heterocycles. The van der Waals surface area contributed by atoms with Gasteiger partial charge in [-0.2, -0.15) is 0 Å². The Labute approximate surface area is 93.1 Å². The second kappa shape index (κ2) is 3.90. The number of aromatic nitrogens is 1. The lowest BCUT2D eigenvalue weighted by Gasteiger charge is -2.29. The minimum Gasteiger partial charge on any atom is -0.364 e. The largest absolute Gasteiger partial charge is 0.364 e. The summed E-state index contributed by atoms with van der Waals surface area (Å²) in [6.07, 6.45) is 0.928. The number of carbonyl (C=O) groups excluding carboxylic acids is 1. The third kappa shape index (κ3) is 2.03. The van der Waals surface area contributed by atoms with Crippen molar-refractivity contribution in [1.82, 2.24) is 9.88 Å². The van der Waals surface area contributed by atoms with Gasteiger partial charge in [0.1, 0.15) is 0 Å². The third-order valence-corrected chi connectivity index (χ3v) is 3.80. The number of rotatable bonds is 2. The molecule has 1 aromatic rings. The van der Waals surface area contributed by atoms with Crippen LogP contribution in [-0.2, 0) is 13.0 Å². The van der Waals surface area contributed by atoms with Crippen molar-refractivity contribution >= 4 is 17.2 Å². The van der Waals surface area contributed by atoms with Gasteiger partial charge in [0.2, 0.25) is 0 Å². The minimum absolute atomic E-state index is 0.412. The average Bonchev–Trinajstić information content (AvgIpc) is 2.59. The number of nitrogens with zero attached hydrogens (tertiary/aromatic N) is 2. The van der Waals surface area contributed by atoms with Crippen molar-refractivity contribution in [1.29, 1.82) is 0 Å². The van der Waals surface area contributed by atoms with Crippen LogP contribution >= 0.6 is 11.3 Å². The zero-order chi connectivity index (χ0) is 11.0. The molecule has 0 radical (unpaired) electrons. The van der Waals surface area contributed by atoms with Gasteiger partial charge in [-0.3, -0.25) is 9.69 Å². The van der Waals surface area contributed by atoms with Crippen molar-refractivity contribution < 1.29 is 4.79 Å². The van der Waals surface area contributed by atoms with E-state index in [0.29, 0.717) is 11.0 Å². The number of hydrogen-bond acceptors (Lipinski definition) is 4. The lowest BCUT2D eigenvalue weighted by atomic mass is 10.1. The molecule has 1 aliphatic heterocycles.